The fourth-order valence-corrected chi connectivity index (χ4v) is 12.0. The Morgan fingerprint density at radius 2 is 1.61 bits per heavy atom. The van der Waals surface area contributed by atoms with Gasteiger partial charge in [0.2, 0.25) is 0 Å². The Balaban J connectivity index is 1.25. The number of ether oxygens (including phenoxy) is 7. The van der Waals surface area contributed by atoms with E-state index in [9.17, 15) is 39.1 Å². The van der Waals surface area contributed by atoms with Crippen molar-refractivity contribution in [2.24, 2.45) is 17.8 Å². The summed E-state index contributed by atoms with van der Waals surface area (Å²) in [5, 5.41) is 68.5. The predicted molar refractivity (Wildman–Crippen MR) is 275 cm³/mol. The maximum Gasteiger partial charge on any atom is 0.311 e. The summed E-state index contributed by atoms with van der Waals surface area (Å²) in [6, 6.07) is 5.56. The maximum absolute atomic E-state index is 14.9. The highest BCUT2D eigenvalue weighted by atomic mass is 19.1. The van der Waals surface area contributed by atoms with Gasteiger partial charge in [0.1, 0.15) is 55.0 Å². The molecule has 6 rings (SSSR count). The summed E-state index contributed by atoms with van der Waals surface area (Å²) in [7, 11) is 6.71. The molecular weight excluding hydrogens is 979 g/mol. The van der Waals surface area contributed by atoms with E-state index in [1.807, 2.05) is 66.9 Å². The number of methoxy groups -OCH3 is 2. The predicted octanol–water partition coefficient (Wildman–Crippen LogP) is 4.16. The number of likely N-dealkylation sites (N-methyl/N-ethyl adjacent to an activating group) is 2. The van der Waals surface area contributed by atoms with Crippen molar-refractivity contribution in [1.82, 2.24) is 24.8 Å². The standard InChI is InChI=1S/C54H90F2N6O13/c1-15-42-54(10,68)47(64)34(6)60(12)26-30(2)23-52(8,67)49(32(4)45(33(5)50(66)73-42)74-43-24-53(9,70-14)48(65)35(7)72-43)75-51-44(63)40(22-31(3)71-51)59(11)21-20-38-29-62(58-57-38)41(25-55)46(69-13)36-16-18-39(19-17-36)61-27-37(56)28-61/h16-19,29-35,37,40-49,51,63-65,67-68H,15,20-28H2,1-14H3/t30-,31-,32+,33-,34-,35+,40+,41-,42-,43+,44-,45+,46-,47-,48+,49-,51+,52-,53-,54-/m1/s1. The highest BCUT2D eigenvalue weighted by molar-refractivity contribution is 5.73. The molecule has 19 nitrogen and oxygen atoms in total. The van der Waals surface area contributed by atoms with Crippen LogP contribution in [0.25, 0.3) is 0 Å². The number of alkyl halides is 2. The van der Waals surface area contributed by atoms with Crippen LogP contribution < -0.4 is 4.90 Å². The van der Waals surface area contributed by atoms with Crippen molar-refractivity contribution in [3.05, 3.63) is 41.7 Å². The van der Waals surface area contributed by atoms with Crippen LogP contribution in [0.1, 0.15) is 118 Å². The van der Waals surface area contributed by atoms with Gasteiger partial charge in [-0.3, -0.25) is 4.79 Å². The lowest BCUT2D eigenvalue weighted by Gasteiger charge is -2.49. The van der Waals surface area contributed by atoms with Crippen LogP contribution in [0.3, 0.4) is 0 Å². The van der Waals surface area contributed by atoms with Crippen molar-refractivity contribution >= 4 is 11.7 Å². The van der Waals surface area contributed by atoms with Crippen LogP contribution in [-0.4, -0.2) is 214 Å². The van der Waals surface area contributed by atoms with E-state index in [2.05, 4.69) is 10.3 Å². The van der Waals surface area contributed by atoms with Gasteiger partial charge >= 0.3 is 5.97 Å². The van der Waals surface area contributed by atoms with Crippen LogP contribution in [-0.2, 0) is 44.4 Å². The van der Waals surface area contributed by atoms with Crippen LogP contribution in [0.15, 0.2) is 30.5 Å². The number of benzene rings is 1. The second-order valence-corrected chi connectivity index (χ2v) is 23.1. The van der Waals surface area contributed by atoms with Gasteiger partial charge in [-0.2, -0.15) is 0 Å². The summed E-state index contributed by atoms with van der Waals surface area (Å²) in [6.45, 7) is 18.1. The first-order chi connectivity index (χ1) is 35.2. The number of halogens is 2. The lowest BCUT2D eigenvalue weighted by Crippen LogP contribution is -2.61. The van der Waals surface area contributed by atoms with Gasteiger partial charge in [-0.05, 0) is 105 Å². The van der Waals surface area contributed by atoms with E-state index >= 15 is 0 Å². The minimum absolute atomic E-state index is 0.0794. The molecule has 0 bridgehead atoms. The fraction of sp³-hybridized carbons (Fsp3) is 0.833. The minimum Gasteiger partial charge on any atom is -0.459 e. The largest absolute Gasteiger partial charge is 0.459 e. The number of anilines is 1. The summed E-state index contributed by atoms with van der Waals surface area (Å²) in [6.07, 6.45) is -8.96. The lowest BCUT2D eigenvalue weighted by atomic mass is 9.77. The van der Waals surface area contributed by atoms with Gasteiger partial charge in [0.05, 0.1) is 60.3 Å². The number of cyclic esters (lactones) is 1. The smallest absolute Gasteiger partial charge is 0.311 e. The van der Waals surface area contributed by atoms with Gasteiger partial charge in [0.25, 0.3) is 0 Å². The molecule has 4 aliphatic heterocycles. The maximum atomic E-state index is 14.9. The summed E-state index contributed by atoms with van der Waals surface area (Å²) in [4.78, 5) is 20.3. The Morgan fingerprint density at radius 1 is 0.947 bits per heavy atom. The lowest BCUT2D eigenvalue weighted by molar-refractivity contribution is -0.318. The van der Waals surface area contributed by atoms with Crippen molar-refractivity contribution in [2.45, 2.75) is 210 Å². The molecule has 4 aliphatic rings. The van der Waals surface area contributed by atoms with E-state index in [0.29, 0.717) is 44.7 Å². The first-order valence-corrected chi connectivity index (χ1v) is 26.9. The quantitative estimate of drug-likeness (QED) is 0.149. The zero-order chi connectivity index (χ0) is 55.5. The van der Waals surface area contributed by atoms with E-state index in [0.717, 1.165) is 11.3 Å². The van der Waals surface area contributed by atoms with Crippen LogP contribution in [0, 0.1) is 17.8 Å². The molecule has 428 valence electrons. The number of aromatic nitrogens is 3. The van der Waals surface area contributed by atoms with Crippen molar-refractivity contribution in [2.75, 3.05) is 66.1 Å². The zero-order valence-electron chi connectivity index (χ0n) is 46.8. The molecule has 1 aromatic heterocycles. The molecule has 5 heterocycles. The zero-order valence-corrected chi connectivity index (χ0v) is 46.8. The molecular formula is C54H90F2N6O13. The molecule has 4 saturated heterocycles. The SMILES string of the molecule is CC[C@H]1OC(=O)[C@H](C)[C@@H](O[C@H]2C[C@@](C)(OC)[C@@H](O)[C@H](C)O2)[C@H](C)[C@@H](O[C@@H]2O[C@H](C)C[C@H](N(C)CCc3cn([C@H](CF)[C@H](OC)c4ccc(N5CC(F)C5)cc4)nn3)[C@H]2O)[C@](C)(O)C[C@@H](C)CN(C)[C@H](C)[C@@H](O)[C@]1(C)O. The number of rotatable bonds is 16. The molecule has 0 radical (unpaired) electrons. The molecule has 2 aromatic rings. The third-order valence-electron chi connectivity index (χ3n) is 16.9. The second-order valence-electron chi connectivity index (χ2n) is 23.1. The first kappa shape index (κ1) is 61.2. The molecule has 0 saturated carbocycles. The van der Waals surface area contributed by atoms with Crippen LogP contribution in [0.5, 0.6) is 0 Å². The highest BCUT2D eigenvalue weighted by Crippen LogP contribution is 2.41. The normalized spacial score (nSPS) is 40.1. The molecule has 0 spiro atoms. The fourth-order valence-electron chi connectivity index (χ4n) is 12.0. The summed E-state index contributed by atoms with van der Waals surface area (Å²) < 4.78 is 73.9. The van der Waals surface area contributed by atoms with Gasteiger partial charge in [0, 0.05) is 70.0 Å². The molecule has 21 heteroatoms. The van der Waals surface area contributed by atoms with E-state index in [-0.39, 0.29) is 25.2 Å². The number of aliphatic hydroxyl groups is 5. The molecule has 5 N–H and O–H groups in total. The van der Waals surface area contributed by atoms with Gasteiger partial charge in [-0.1, -0.05) is 38.1 Å². The monoisotopic (exact) mass is 1070 g/mol. The number of hydrogen-bond acceptors (Lipinski definition) is 18. The van der Waals surface area contributed by atoms with E-state index < -0.39 is 133 Å². The first-order valence-electron chi connectivity index (χ1n) is 26.9. The van der Waals surface area contributed by atoms with Crippen molar-refractivity contribution < 1.29 is 72.3 Å². The third kappa shape index (κ3) is 13.9. The Morgan fingerprint density at radius 3 is 2.21 bits per heavy atom. The third-order valence-corrected chi connectivity index (χ3v) is 16.9. The average Bonchev–Trinajstić information content (AvgIpc) is 3.83. The Hall–Kier alpha value is -3.03. The highest BCUT2D eigenvalue weighted by Gasteiger charge is 2.53. The average molecular weight is 1070 g/mol. The van der Waals surface area contributed by atoms with Gasteiger partial charge in [-0.25, -0.2) is 13.5 Å². The summed E-state index contributed by atoms with van der Waals surface area (Å²) in [5.74, 6) is -2.90. The van der Waals surface area contributed by atoms with Crippen LogP contribution in [0.2, 0.25) is 0 Å². The van der Waals surface area contributed by atoms with Crippen LogP contribution >= 0.6 is 0 Å². The van der Waals surface area contributed by atoms with Crippen LogP contribution in [0.4, 0.5) is 14.5 Å². The van der Waals surface area contributed by atoms with E-state index in [4.69, 9.17) is 33.2 Å². The molecule has 75 heavy (non-hydrogen) atoms. The Bertz CT molecular complexity index is 2110. The summed E-state index contributed by atoms with van der Waals surface area (Å²) >= 11 is 0. The molecule has 0 amide bonds. The van der Waals surface area contributed by atoms with Gasteiger partial charge < -0.3 is 73.4 Å². The number of nitrogens with zero attached hydrogens (tertiary/aromatic N) is 6. The molecule has 1 aromatic carbocycles. The number of carbonyl (C=O) groups excluding carboxylic acids is 1. The van der Waals surface area contributed by atoms with E-state index in [1.165, 1.54) is 25.8 Å². The van der Waals surface area contributed by atoms with E-state index in [1.54, 1.807) is 54.7 Å². The number of carbonyl (C=O) groups is 1. The molecule has 20 atom stereocenters. The Kier molecular flexibility index (Phi) is 20.7. The summed E-state index contributed by atoms with van der Waals surface area (Å²) in [5.41, 5.74) is -2.39. The van der Waals surface area contributed by atoms with Crippen molar-refractivity contribution in [3.8, 4) is 0 Å². The number of esters is 1. The molecule has 0 aliphatic carbocycles. The number of aliphatic hydroxyl groups excluding tert-OH is 3. The molecule has 4 fully saturated rings. The second kappa shape index (κ2) is 25.4. The number of hydrogen-bond donors (Lipinski definition) is 5. The van der Waals surface area contributed by atoms with Crippen molar-refractivity contribution in [3.63, 3.8) is 0 Å². The van der Waals surface area contributed by atoms with Gasteiger partial charge in [0.15, 0.2) is 12.6 Å². The molecule has 0 unspecified atom stereocenters. The van der Waals surface area contributed by atoms with Crippen molar-refractivity contribution in [1.29, 1.82) is 0 Å². The van der Waals surface area contributed by atoms with Gasteiger partial charge in [-0.15, -0.1) is 5.10 Å². The Labute approximate surface area is 443 Å². The topological polar surface area (TPSA) is 223 Å². The minimum atomic E-state index is -1.86.